The van der Waals surface area contributed by atoms with Crippen molar-refractivity contribution < 1.29 is 4.74 Å². The van der Waals surface area contributed by atoms with E-state index in [1.165, 1.54) is 7.11 Å². The summed E-state index contributed by atoms with van der Waals surface area (Å²) in [7, 11) is 1.52. The summed E-state index contributed by atoms with van der Waals surface area (Å²) in [6, 6.07) is 3.88. The molecule has 0 aliphatic rings. The normalized spacial score (nSPS) is 12.5. The second kappa shape index (κ2) is 4.50. The third kappa shape index (κ3) is 2.26. The molecule has 2 rings (SSSR count). The van der Waals surface area contributed by atoms with Crippen LogP contribution in [-0.4, -0.2) is 26.9 Å². The van der Waals surface area contributed by atoms with Crippen molar-refractivity contribution in [3.63, 3.8) is 0 Å². The molecule has 0 aromatic carbocycles. The Morgan fingerprint density at radius 3 is 2.71 bits per heavy atom. The number of aromatic nitrogens is 4. The maximum absolute atomic E-state index is 5.84. The molecule has 1 atom stereocenters. The molecule has 0 saturated carbocycles. The lowest BCUT2D eigenvalue weighted by molar-refractivity contribution is 0.379. The molecule has 0 saturated heterocycles. The van der Waals surface area contributed by atoms with Gasteiger partial charge in [-0.15, -0.1) is 5.10 Å². The van der Waals surface area contributed by atoms with Crippen molar-refractivity contribution in [1.29, 1.82) is 0 Å². The lowest BCUT2D eigenvalue weighted by Crippen LogP contribution is -2.14. The lowest BCUT2D eigenvalue weighted by atomic mass is 10.3. The minimum absolute atomic E-state index is 0.241. The van der Waals surface area contributed by atoms with E-state index in [1.54, 1.807) is 10.9 Å². The van der Waals surface area contributed by atoms with Crippen LogP contribution in [0.15, 0.2) is 18.3 Å². The van der Waals surface area contributed by atoms with Gasteiger partial charge in [0.15, 0.2) is 11.6 Å². The number of methoxy groups -OCH3 is 1. The van der Waals surface area contributed by atoms with Gasteiger partial charge >= 0.3 is 6.01 Å². The van der Waals surface area contributed by atoms with Gasteiger partial charge in [0.05, 0.1) is 13.2 Å². The molecule has 2 aromatic heterocycles. The van der Waals surface area contributed by atoms with E-state index in [1.807, 2.05) is 26.0 Å². The standard InChI is InChI=1S/C11H15N5O/c1-7-4-5-9(13-6-7)16-10(8(2)12)14-11(15-16)17-3/h4-6,8H,12H2,1-3H3/t8-/m1/s1. The Kier molecular flexibility index (Phi) is 3.06. The van der Waals surface area contributed by atoms with Gasteiger partial charge in [-0.3, -0.25) is 0 Å². The highest BCUT2D eigenvalue weighted by molar-refractivity contribution is 5.26. The Morgan fingerprint density at radius 1 is 1.41 bits per heavy atom. The van der Waals surface area contributed by atoms with Crippen LogP contribution in [0.1, 0.15) is 24.4 Å². The van der Waals surface area contributed by atoms with E-state index >= 15 is 0 Å². The van der Waals surface area contributed by atoms with Crippen LogP contribution < -0.4 is 10.5 Å². The molecule has 0 aliphatic carbocycles. The van der Waals surface area contributed by atoms with Gasteiger partial charge in [-0.2, -0.15) is 9.67 Å². The van der Waals surface area contributed by atoms with Crippen molar-refractivity contribution in [1.82, 2.24) is 19.7 Å². The first kappa shape index (κ1) is 11.5. The van der Waals surface area contributed by atoms with E-state index in [-0.39, 0.29) is 6.04 Å². The van der Waals surface area contributed by atoms with Crippen molar-refractivity contribution in [3.8, 4) is 11.8 Å². The Labute approximate surface area is 99.4 Å². The molecule has 6 nitrogen and oxygen atoms in total. The van der Waals surface area contributed by atoms with E-state index in [4.69, 9.17) is 10.5 Å². The van der Waals surface area contributed by atoms with Crippen LogP contribution in [0.25, 0.3) is 5.82 Å². The second-order valence-corrected chi connectivity index (χ2v) is 3.85. The highest BCUT2D eigenvalue weighted by Gasteiger charge is 2.15. The molecule has 6 heteroatoms. The van der Waals surface area contributed by atoms with Crippen molar-refractivity contribution in [2.75, 3.05) is 7.11 Å². The van der Waals surface area contributed by atoms with Gasteiger partial charge in [0.25, 0.3) is 0 Å². The summed E-state index contributed by atoms with van der Waals surface area (Å²) < 4.78 is 6.60. The van der Waals surface area contributed by atoms with E-state index in [2.05, 4.69) is 15.1 Å². The van der Waals surface area contributed by atoms with Gasteiger partial charge in [0.2, 0.25) is 0 Å². The average Bonchev–Trinajstić information content (AvgIpc) is 2.74. The molecule has 2 heterocycles. The summed E-state index contributed by atoms with van der Waals surface area (Å²) >= 11 is 0. The number of nitrogens with zero attached hydrogens (tertiary/aromatic N) is 4. The first-order valence-corrected chi connectivity index (χ1v) is 5.31. The third-order valence-corrected chi connectivity index (χ3v) is 2.32. The molecule has 2 N–H and O–H groups in total. The third-order valence-electron chi connectivity index (χ3n) is 2.32. The molecule has 0 amide bonds. The molecule has 0 fully saturated rings. The summed E-state index contributed by atoms with van der Waals surface area (Å²) in [5.74, 6) is 1.30. The molecule has 2 aromatic rings. The van der Waals surface area contributed by atoms with E-state index in [9.17, 15) is 0 Å². The van der Waals surface area contributed by atoms with E-state index in [0.29, 0.717) is 17.7 Å². The average molecular weight is 233 g/mol. The van der Waals surface area contributed by atoms with Gasteiger partial charge in [-0.1, -0.05) is 6.07 Å². The quantitative estimate of drug-likeness (QED) is 0.855. The monoisotopic (exact) mass is 233 g/mol. The zero-order valence-corrected chi connectivity index (χ0v) is 10.1. The summed E-state index contributed by atoms with van der Waals surface area (Å²) in [4.78, 5) is 8.48. The first-order valence-electron chi connectivity index (χ1n) is 5.31. The molecule has 0 spiro atoms. The Morgan fingerprint density at radius 2 is 2.18 bits per heavy atom. The van der Waals surface area contributed by atoms with Crippen LogP contribution >= 0.6 is 0 Å². The highest BCUT2D eigenvalue weighted by atomic mass is 16.5. The molecule has 0 unspecified atom stereocenters. The predicted octanol–water partition coefficient (Wildman–Crippen LogP) is 0.999. The minimum Gasteiger partial charge on any atom is -0.466 e. The lowest BCUT2D eigenvalue weighted by Gasteiger charge is -2.06. The van der Waals surface area contributed by atoms with Gasteiger partial charge in [0.1, 0.15) is 0 Å². The topological polar surface area (TPSA) is 78.9 Å². The fourth-order valence-corrected chi connectivity index (χ4v) is 1.44. The predicted molar refractivity (Wildman–Crippen MR) is 63.0 cm³/mol. The molecule has 0 radical (unpaired) electrons. The fourth-order valence-electron chi connectivity index (χ4n) is 1.44. The van der Waals surface area contributed by atoms with Gasteiger partial charge in [0, 0.05) is 6.20 Å². The molecule has 17 heavy (non-hydrogen) atoms. The molecule has 90 valence electrons. The largest absolute Gasteiger partial charge is 0.466 e. The van der Waals surface area contributed by atoms with Crippen molar-refractivity contribution in [2.45, 2.75) is 19.9 Å². The van der Waals surface area contributed by atoms with Crippen molar-refractivity contribution >= 4 is 0 Å². The van der Waals surface area contributed by atoms with Gasteiger partial charge < -0.3 is 10.5 Å². The van der Waals surface area contributed by atoms with Crippen LogP contribution in [0, 0.1) is 6.92 Å². The number of nitrogens with two attached hydrogens (primary N) is 1. The number of rotatable bonds is 3. The molecular weight excluding hydrogens is 218 g/mol. The van der Waals surface area contributed by atoms with Crippen molar-refractivity contribution in [3.05, 3.63) is 29.7 Å². The zero-order chi connectivity index (χ0) is 12.4. The van der Waals surface area contributed by atoms with Crippen LogP contribution in [0.4, 0.5) is 0 Å². The number of ether oxygens (including phenoxy) is 1. The molecule has 0 bridgehead atoms. The maximum atomic E-state index is 5.84. The number of hydrogen-bond acceptors (Lipinski definition) is 5. The minimum atomic E-state index is -0.241. The summed E-state index contributed by atoms with van der Waals surface area (Å²) in [5, 5.41) is 4.19. The van der Waals surface area contributed by atoms with E-state index < -0.39 is 0 Å². The van der Waals surface area contributed by atoms with Crippen LogP contribution in [0.3, 0.4) is 0 Å². The smallest absolute Gasteiger partial charge is 0.335 e. The van der Waals surface area contributed by atoms with Gasteiger partial charge in [-0.25, -0.2) is 4.98 Å². The van der Waals surface area contributed by atoms with Crippen LogP contribution in [0.5, 0.6) is 6.01 Å². The summed E-state index contributed by atoms with van der Waals surface area (Å²) in [6.45, 7) is 3.82. The van der Waals surface area contributed by atoms with E-state index in [0.717, 1.165) is 5.56 Å². The van der Waals surface area contributed by atoms with Crippen molar-refractivity contribution in [2.24, 2.45) is 5.73 Å². The second-order valence-electron chi connectivity index (χ2n) is 3.85. The SMILES string of the molecule is COc1nc([C@@H](C)N)n(-c2ccc(C)cn2)n1. The first-order chi connectivity index (χ1) is 8.11. The Bertz CT molecular complexity index is 503. The number of pyridine rings is 1. The summed E-state index contributed by atoms with van der Waals surface area (Å²) in [6.07, 6.45) is 1.77. The maximum Gasteiger partial charge on any atom is 0.335 e. The highest BCUT2D eigenvalue weighted by Crippen LogP contribution is 2.16. The molecular formula is C11H15N5O. The van der Waals surface area contributed by atoms with Crippen LogP contribution in [0.2, 0.25) is 0 Å². The Balaban J connectivity index is 2.49. The Hall–Kier alpha value is -1.95. The zero-order valence-electron chi connectivity index (χ0n) is 10.1. The summed E-state index contributed by atoms with van der Waals surface area (Å²) in [5.41, 5.74) is 6.93. The van der Waals surface area contributed by atoms with Gasteiger partial charge in [-0.05, 0) is 25.5 Å². The number of aryl methyl sites for hydroxylation is 1. The number of hydrogen-bond donors (Lipinski definition) is 1. The molecule has 0 aliphatic heterocycles. The van der Waals surface area contributed by atoms with Crippen LogP contribution in [-0.2, 0) is 0 Å². The fraction of sp³-hybridized carbons (Fsp3) is 0.364.